The molecule has 0 aromatic heterocycles. The first-order valence-electron chi connectivity index (χ1n) is 7.27. The van der Waals surface area contributed by atoms with Gasteiger partial charge in [0.2, 0.25) is 5.91 Å². The first-order valence-corrected chi connectivity index (χ1v) is 7.27. The molecule has 0 fully saturated rings. The third-order valence-corrected chi connectivity index (χ3v) is 3.01. The predicted molar refractivity (Wildman–Crippen MR) is 81.8 cm³/mol. The fourth-order valence-corrected chi connectivity index (χ4v) is 1.63. The van der Waals surface area contributed by atoms with Gasteiger partial charge in [0.05, 0.1) is 12.6 Å². The predicted octanol–water partition coefficient (Wildman–Crippen LogP) is 2.48. The molecule has 0 aliphatic heterocycles. The number of carbonyl (C=O) groups excluding carboxylic acids is 1. The number of hydrogen-bond donors (Lipinski definition) is 2. The zero-order valence-corrected chi connectivity index (χ0v) is 12.9. The first kappa shape index (κ1) is 16.5. The fraction of sp³-hybridized carbons (Fsp3) is 0.562. The van der Waals surface area contributed by atoms with E-state index in [2.05, 4.69) is 24.5 Å². The van der Waals surface area contributed by atoms with E-state index in [1.807, 2.05) is 38.1 Å². The highest BCUT2D eigenvalue weighted by Gasteiger charge is 2.04. The molecule has 2 N–H and O–H groups in total. The third kappa shape index (κ3) is 6.57. The highest BCUT2D eigenvalue weighted by atomic mass is 16.5. The van der Waals surface area contributed by atoms with E-state index in [1.165, 1.54) is 0 Å². The Kier molecular flexibility index (Phi) is 7.09. The van der Waals surface area contributed by atoms with Gasteiger partial charge in [-0.3, -0.25) is 4.79 Å². The van der Waals surface area contributed by atoms with Crippen molar-refractivity contribution in [3.63, 3.8) is 0 Å². The Balaban J connectivity index is 2.32. The van der Waals surface area contributed by atoms with Gasteiger partial charge in [-0.15, -0.1) is 0 Å². The minimum absolute atomic E-state index is 0.0211. The van der Waals surface area contributed by atoms with Gasteiger partial charge in [0.25, 0.3) is 0 Å². The number of ether oxygens (including phenoxy) is 1. The summed E-state index contributed by atoms with van der Waals surface area (Å²) in [6.07, 6.45) is 1.19. The molecule has 0 saturated carbocycles. The van der Waals surface area contributed by atoms with Crippen LogP contribution in [0.15, 0.2) is 24.3 Å². The summed E-state index contributed by atoms with van der Waals surface area (Å²) in [5.74, 6) is 0.876. The van der Waals surface area contributed by atoms with Crippen molar-refractivity contribution in [3.8, 4) is 5.75 Å². The summed E-state index contributed by atoms with van der Waals surface area (Å²) >= 11 is 0. The molecule has 1 amide bonds. The molecule has 1 unspecified atom stereocenters. The average molecular weight is 278 g/mol. The van der Waals surface area contributed by atoms with Crippen LogP contribution < -0.4 is 15.4 Å². The second-order valence-electron chi connectivity index (χ2n) is 5.28. The lowest BCUT2D eigenvalue weighted by Gasteiger charge is -2.12. The molecular weight excluding hydrogens is 252 g/mol. The smallest absolute Gasteiger partial charge is 0.234 e. The van der Waals surface area contributed by atoms with E-state index in [1.54, 1.807) is 0 Å². The average Bonchev–Trinajstić information content (AvgIpc) is 2.43. The molecule has 1 aromatic rings. The largest absolute Gasteiger partial charge is 0.491 e. The van der Waals surface area contributed by atoms with Crippen LogP contribution in [0, 0.1) is 0 Å². The zero-order valence-electron chi connectivity index (χ0n) is 12.9. The monoisotopic (exact) mass is 278 g/mol. The van der Waals surface area contributed by atoms with Crippen molar-refractivity contribution in [1.29, 1.82) is 0 Å². The van der Waals surface area contributed by atoms with Gasteiger partial charge in [-0.05, 0) is 44.9 Å². The Hall–Kier alpha value is -1.55. The topological polar surface area (TPSA) is 50.4 Å². The van der Waals surface area contributed by atoms with Gasteiger partial charge in [0.15, 0.2) is 0 Å². The molecule has 1 aromatic carbocycles. The molecule has 1 rings (SSSR count). The molecule has 0 aliphatic carbocycles. The van der Waals surface area contributed by atoms with E-state index in [0.717, 1.165) is 17.7 Å². The summed E-state index contributed by atoms with van der Waals surface area (Å²) in [4.78, 5) is 11.7. The summed E-state index contributed by atoms with van der Waals surface area (Å²) in [6, 6.07) is 8.17. The summed E-state index contributed by atoms with van der Waals surface area (Å²) in [5, 5.41) is 6.06. The van der Waals surface area contributed by atoms with Crippen LogP contribution in [0.5, 0.6) is 5.75 Å². The van der Waals surface area contributed by atoms with Gasteiger partial charge >= 0.3 is 0 Å². The Labute approximate surface area is 121 Å². The van der Waals surface area contributed by atoms with E-state index in [4.69, 9.17) is 4.74 Å². The highest BCUT2D eigenvalue weighted by Crippen LogP contribution is 2.13. The van der Waals surface area contributed by atoms with Crippen molar-refractivity contribution >= 4 is 5.91 Å². The van der Waals surface area contributed by atoms with E-state index in [0.29, 0.717) is 19.1 Å². The number of benzene rings is 1. The maximum absolute atomic E-state index is 11.7. The van der Waals surface area contributed by atoms with Crippen LogP contribution in [0.25, 0.3) is 0 Å². The van der Waals surface area contributed by atoms with Crippen molar-refractivity contribution in [2.75, 3.05) is 6.54 Å². The molecule has 0 spiro atoms. The molecule has 0 saturated heterocycles. The summed E-state index contributed by atoms with van der Waals surface area (Å²) in [5.41, 5.74) is 1.07. The first-order chi connectivity index (χ1) is 9.51. The Morgan fingerprint density at radius 1 is 1.20 bits per heavy atom. The van der Waals surface area contributed by atoms with Crippen LogP contribution >= 0.6 is 0 Å². The maximum Gasteiger partial charge on any atom is 0.234 e. The van der Waals surface area contributed by atoms with Gasteiger partial charge in [-0.1, -0.05) is 19.1 Å². The lowest BCUT2D eigenvalue weighted by molar-refractivity contribution is -0.120. The molecule has 4 nitrogen and oxygen atoms in total. The van der Waals surface area contributed by atoms with Gasteiger partial charge < -0.3 is 15.4 Å². The van der Waals surface area contributed by atoms with Crippen LogP contribution in [-0.4, -0.2) is 24.6 Å². The van der Waals surface area contributed by atoms with Crippen molar-refractivity contribution in [2.45, 2.75) is 52.8 Å². The SMILES string of the molecule is CCC(C)NCC(=O)NCc1ccc(OC(C)C)cc1. The molecule has 112 valence electrons. The van der Waals surface area contributed by atoms with E-state index >= 15 is 0 Å². The number of carbonyl (C=O) groups is 1. The number of amides is 1. The van der Waals surface area contributed by atoms with Crippen LogP contribution in [0.3, 0.4) is 0 Å². The maximum atomic E-state index is 11.7. The molecule has 0 bridgehead atoms. The fourth-order valence-electron chi connectivity index (χ4n) is 1.63. The minimum atomic E-state index is 0.0211. The Bertz CT molecular complexity index is 401. The number of nitrogens with one attached hydrogen (secondary N) is 2. The van der Waals surface area contributed by atoms with Gasteiger partial charge in [0, 0.05) is 12.6 Å². The minimum Gasteiger partial charge on any atom is -0.491 e. The normalized spacial score (nSPS) is 12.2. The number of rotatable bonds is 8. The van der Waals surface area contributed by atoms with Gasteiger partial charge in [-0.25, -0.2) is 0 Å². The quantitative estimate of drug-likeness (QED) is 0.768. The zero-order chi connectivity index (χ0) is 15.0. The Morgan fingerprint density at radius 3 is 2.40 bits per heavy atom. The summed E-state index contributed by atoms with van der Waals surface area (Å²) in [6.45, 7) is 9.07. The number of hydrogen-bond acceptors (Lipinski definition) is 3. The summed E-state index contributed by atoms with van der Waals surface area (Å²) < 4.78 is 5.57. The third-order valence-electron chi connectivity index (χ3n) is 3.01. The lowest BCUT2D eigenvalue weighted by Crippen LogP contribution is -2.37. The molecule has 0 heterocycles. The van der Waals surface area contributed by atoms with Crippen molar-refractivity contribution < 1.29 is 9.53 Å². The molecule has 0 aliphatic rings. The van der Waals surface area contributed by atoms with Crippen LogP contribution in [-0.2, 0) is 11.3 Å². The van der Waals surface area contributed by atoms with Crippen molar-refractivity contribution in [3.05, 3.63) is 29.8 Å². The van der Waals surface area contributed by atoms with Crippen LogP contribution in [0.4, 0.5) is 0 Å². The van der Waals surface area contributed by atoms with Gasteiger partial charge in [-0.2, -0.15) is 0 Å². The highest BCUT2D eigenvalue weighted by molar-refractivity contribution is 5.78. The second-order valence-corrected chi connectivity index (χ2v) is 5.28. The van der Waals surface area contributed by atoms with Crippen molar-refractivity contribution in [1.82, 2.24) is 10.6 Å². The van der Waals surface area contributed by atoms with Crippen molar-refractivity contribution in [2.24, 2.45) is 0 Å². The van der Waals surface area contributed by atoms with E-state index < -0.39 is 0 Å². The van der Waals surface area contributed by atoms with Gasteiger partial charge in [0.1, 0.15) is 5.75 Å². The molecule has 4 heteroatoms. The molecule has 1 atom stereocenters. The lowest BCUT2D eigenvalue weighted by atomic mass is 10.2. The van der Waals surface area contributed by atoms with Crippen LogP contribution in [0.2, 0.25) is 0 Å². The second kappa shape index (κ2) is 8.59. The molecule has 20 heavy (non-hydrogen) atoms. The summed E-state index contributed by atoms with van der Waals surface area (Å²) in [7, 11) is 0. The van der Waals surface area contributed by atoms with E-state index in [9.17, 15) is 4.79 Å². The molecular formula is C16H26N2O2. The van der Waals surface area contributed by atoms with E-state index in [-0.39, 0.29) is 12.0 Å². The molecule has 0 radical (unpaired) electrons. The van der Waals surface area contributed by atoms with Crippen LogP contribution in [0.1, 0.15) is 39.7 Å². The Morgan fingerprint density at radius 2 is 1.85 bits per heavy atom. The standard InChI is InChI=1S/C16H26N2O2/c1-5-13(4)17-11-16(19)18-10-14-6-8-15(9-7-14)20-12(2)3/h6-9,12-13,17H,5,10-11H2,1-4H3,(H,18,19).